The smallest absolute Gasteiger partial charge is 0.306 e. The summed E-state index contributed by atoms with van der Waals surface area (Å²) in [5.41, 5.74) is 1.60. The van der Waals surface area contributed by atoms with Crippen molar-refractivity contribution in [2.75, 3.05) is 17.2 Å². The summed E-state index contributed by atoms with van der Waals surface area (Å²) >= 11 is 4.58. The Morgan fingerprint density at radius 3 is 2.71 bits per heavy atom. The number of aromatic nitrogens is 2. The summed E-state index contributed by atoms with van der Waals surface area (Å²) in [4.78, 5) is 34.0. The first-order valence-corrected chi connectivity index (χ1v) is 11.2. The van der Waals surface area contributed by atoms with E-state index in [0.717, 1.165) is 15.7 Å². The monoisotopic (exact) mass is 436 g/mol. The van der Waals surface area contributed by atoms with Crippen molar-refractivity contribution in [1.29, 1.82) is 0 Å². The molecule has 3 aromatic heterocycles. The quantitative estimate of drug-likeness (QED) is 0.378. The van der Waals surface area contributed by atoms with Gasteiger partial charge in [-0.15, -0.1) is 34.0 Å². The molecule has 0 radical (unpaired) electrons. The maximum absolute atomic E-state index is 11.8. The van der Waals surface area contributed by atoms with Gasteiger partial charge in [0.2, 0.25) is 5.91 Å². The van der Waals surface area contributed by atoms with Crippen molar-refractivity contribution in [2.24, 2.45) is 0 Å². The van der Waals surface area contributed by atoms with Gasteiger partial charge in [-0.2, -0.15) is 0 Å². The number of hydrogen-bond donors (Lipinski definition) is 2. The Kier molecular flexibility index (Phi) is 7.12. The summed E-state index contributed by atoms with van der Waals surface area (Å²) < 4.78 is 5.22. The normalized spacial score (nSPS) is 10.6. The van der Waals surface area contributed by atoms with Crippen LogP contribution in [0.5, 0.6) is 0 Å². The number of nitrogens with zero attached hydrogens (tertiary/aromatic N) is 2. The van der Waals surface area contributed by atoms with E-state index in [1.165, 1.54) is 23.1 Å². The van der Waals surface area contributed by atoms with Gasteiger partial charge < -0.3 is 15.4 Å². The largest absolute Gasteiger partial charge is 0.459 e. The number of thiazole rings is 2. The molecular weight excluding hydrogens is 416 g/mol. The second-order valence-electron chi connectivity index (χ2n) is 5.96. The molecular formula is C18H20N4O3S3. The third-order valence-corrected chi connectivity index (χ3v) is 6.18. The van der Waals surface area contributed by atoms with Crippen LogP contribution in [0.3, 0.4) is 0 Å². The summed E-state index contributed by atoms with van der Waals surface area (Å²) in [5, 5.41) is 11.0. The van der Waals surface area contributed by atoms with Crippen LogP contribution >= 0.6 is 34.0 Å². The first-order chi connectivity index (χ1) is 13.5. The summed E-state index contributed by atoms with van der Waals surface area (Å²) in [7, 11) is 0. The molecule has 0 fully saturated rings. The fraction of sp³-hybridized carbons (Fsp3) is 0.333. The van der Waals surface area contributed by atoms with Gasteiger partial charge in [0, 0.05) is 35.5 Å². The zero-order chi connectivity index (χ0) is 19.9. The number of nitrogens with one attached hydrogen (secondary N) is 2. The predicted molar refractivity (Wildman–Crippen MR) is 114 cm³/mol. The standard InChI is InChI=1S/C18H20N4O3S3/c1-11-5-6-15(28-11)14-10-27-17(22-14)19-7-3-4-16(24)25-8-13-9-26-18(21-13)20-12(2)23/h5-6,9-10H,3-4,7-8H2,1-2H3,(H,19,22)(H,20,21,23). The van der Waals surface area contributed by atoms with Gasteiger partial charge >= 0.3 is 5.97 Å². The van der Waals surface area contributed by atoms with Gasteiger partial charge in [-0.05, 0) is 25.5 Å². The van der Waals surface area contributed by atoms with E-state index in [4.69, 9.17) is 4.74 Å². The molecule has 148 valence electrons. The number of thiophene rings is 1. The molecule has 0 unspecified atom stereocenters. The highest BCUT2D eigenvalue weighted by Crippen LogP contribution is 2.30. The summed E-state index contributed by atoms with van der Waals surface area (Å²) in [6.45, 7) is 4.26. The lowest BCUT2D eigenvalue weighted by molar-refractivity contribution is -0.145. The number of anilines is 2. The SMILES string of the molecule is CC(=O)Nc1nc(COC(=O)CCCNc2nc(-c3ccc(C)s3)cs2)cs1. The minimum Gasteiger partial charge on any atom is -0.459 e. The molecule has 0 aliphatic rings. The van der Waals surface area contributed by atoms with Gasteiger partial charge in [-0.3, -0.25) is 9.59 Å². The molecule has 0 saturated heterocycles. The zero-order valence-electron chi connectivity index (χ0n) is 15.5. The van der Waals surface area contributed by atoms with E-state index in [1.807, 2.05) is 5.38 Å². The van der Waals surface area contributed by atoms with Gasteiger partial charge in [-0.25, -0.2) is 9.97 Å². The van der Waals surface area contributed by atoms with Crippen molar-refractivity contribution in [3.63, 3.8) is 0 Å². The second-order valence-corrected chi connectivity index (χ2v) is 8.97. The van der Waals surface area contributed by atoms with Gasteiger partial charge in [0.1, 0.15) is 6.61 Å². The lowest BCUT2D eigenvalue weighted by atomic mass is 10.3. The van der Waals surface area contributed by atoms with Crippen LogP contribution in [0.1, 0.15) is 30.3 Å². The first kappa shape index (κ1) is 20.4. The third kappa shape index (κ3) is 6.11. The molecule has 1 amide bonds. The Morgan fingerprint density at radius 2 is 1.96 bits per heavy atom. The van der Waals surface area contributed by atoms with Crippen LogP contribution in [0.15, 0.2) is 22.9 Å². The molecule has 0 saturated carbocycles. The number of carbonyl (C=O) groups is 2. The zero-order valence-corrected chi connectivity index (χ0v) is 17.9. The number of carbonyl (C=O) groups excluding carboxylic acids is 2. The van der Waals surface area contributed by atoms with E-state index in [-0.39, 0.29) is 18.5 Å². The minimum atomic E-state index is -0.273. The topological polar surface area (TPSA) is 93.2 Å². The van der Waals surface area contributed by atoms with Crippen LogP contribution in [0.4, 0.5) is 10.3 Å². The van der Waals surface area contributed by atoms with E-state index in [1.54, 1.807) is 28.1 Å². The molecule has 0 atom stereocenters. The molecule has 0 aliphatic heterocycles. The fourth-order valence-corrected chi connectivity index (χ4v) is 4.66. The highest BCUT2D eigenvalue weighted by Gasteiger charge is 2.09. The van der Waals surface area contributed by atoms with E-state index >= 15 is 0 Å². The highest BCUT2D eigenvalue weighted by atomic mass is 32.1. The number of hydrogen-bond acceptors (Lipinski definition) is 9. The van der Waals surface area contributed by atoms with Crippen molar-refractivity contribution >= 4 is 56.1 Å². The number of ether oxygens (including phenoxy) is 1. The van der Waals surface area contributed by atoms with Crippen LogP contribution in [0.2, 0.25) is 0 Å². The Morgan fingerprint density at radius 1 is 1.14 bits per heavy atom. The maximum Gasteiger partial charge on any atom is 0.306 e. The molecule has 28 heavy (non-hydrogen) atoms. The van der Waals surface area contributed by atoms with Gasteiger partial charge in [0.25, 0.3) is 0 Å². The van der Waals surface area contributed by atoms with E-state index < -0.39 is 0 Å². The van der Waals surface area contributed by atoms with E-state index in [0.29, 0.717) is 30.2 Å². The summed E-state index contributed by atoms with van der Waals surface area (Å²) in [6, 6.07) is 4.17. The lowest BCUT2D eigenvalue weighted by Gasteiger charge is -2.04. The number of aryl methyl sites for hydroxylation is 1. The van der Waals surface area contributed by atoms with E-state index in [2.05, 4.69) is 39.7 Å². The van der Waals surface area contributed by atoms with Crippen LogP contribution in [0, 0.1) is 6.92 Å². The van der Waals surface area contributed by atoms with Crippen LogP contribution < -0.4 is 10.6 Å². The number of rotatable bonds is 9. The molecule has 10 heteroatoms. The molecule has 0 aromatic carbocycles. The van der Waals surface area contributed by atoms with Crippen LogP contribution in [-0.4, -0.2) is 28.4 Å². The summed E-state index contributed by atoms with van der Waals surface area (Å²) in [5.74, 6) is -0.451. The lowest BCUT2D eigenvalue weighted by Crippen LogP contribution is -2.09. The fourth-order valence-electron chi connectivity index (χ4n) is 2.28. The summed E-state index contributed by atoms with van der Waals surface area (Å²) in [6.07, 6.45) is 0.970. The first-order valence-electron chi connectivity index (χ1n) is 8.63. The molecule has 3 heterocycles. The van der Waals surface area contributed by atoms with Crippen LogP contribution in [0.25, 0.3) is 10.6 Å². The number of esters is 1. The average Bonchev–Trinajstić information content (AvgIpc) is 3.37. The van der Waals surface area contributed by atoms with Gasteiger partial charge in [0.05, 0.1) is 16.3 Å². The predicted octanol–water partition coefficient (Wildman–Crippen LogP) is 4.53. The third-order valence-electron chi connectivity index (χ3n) is 3.55. The molecule has 3 rings (SSSR count). The van der Waals surface area contributed by atoms with E-state index in [9.17, 15) is 9.59 Å². The maximum atomic E-state index is 11.8. The van der Waals surface area contributed by atoms with Crippen molar-refractivity contribution in [3.05, 3.63) is 33.5 Å². The molecule has 3 aromatic rings. The average molecular weight is 437 g/mol. The van der Waals surface area contributed by atoms with Crippen molar-refractivity contribution in [1.82, 2.24) is 9.97 Å². The van der Waals surface area contributed by atoms with Gasteiger partial charge in [-0.1, -0.05) is 0 Å². The molecule has 0 bridgehead atoms. The minimum absolute atomic E-state index is 0.110. The van der Waals surface area contributed by atoms with Crippen molar-refractivity contribution < 1.29 is 14.3 Å². The highest BCUT2D eigenvalue weighted by molar-refractivity contribution is 7.17. The van der Waals surface area contributed by atoms with Crippen LogP contribution in [-0.2, 0) is 20.9 Å². The van der Waals surface area contributed by atoms with Gasteiger partial charge in [0.15, 0.2) is 10.3 Å². The Hall–Kier alpha value is -2.30. The second kappa shape index (κ2) is 9.76. The Bertz CT molecular complexity index is 947. The molecule has 0 aliphatic carbocycles. The Balaban J connectivity index is 1.34. The molecule has 2 N–H and O–H groups in total. The Labute approximate surface area is 174 Å². The molecule has 0 spiro atoms. The molecule has 7 nitrogen and oxygen atoms in total. The van der Waals surface area contributed by atoms with Crippen molar-refractivity contribution in [2.45, 2.75) is 33.3 Å². The van der Waals surface area contributed by atoms with Crippen molar-refractivity contribution in [3.8, 4) is 10.6 Å². The number of amides is 1.